The number of rotatable bonds is 4. The minimum atomic E-state index is -0.00854. The summed E-state index contributed by atoms with van der Waals surface area (Å²) in [6.07, 6.45) is 1.70. The molecule has 0 aliphatic carbocycles. The average molecular weight is 296 g/mol. The molecule has 0 bridgehead atoms. The molecule has 1 aromatic carbocycles. The van der Waals surface area contributed by atoms with Crippen LogP contribution in [0, 0.1) is 5.92 Å². The summed E-state index contributed by atoms with van der Waals surface area (Å²) in [5, 5.41) is 3.41. The van der Waals surface area contributed by atoms with Crippen molar-refractivity contribution in [1.82, 2.24) is 4.90 Å². The molecule has 4 nitrogen and oxygen atoms in total. The van der Waals surface area contributed by atoms with Crippen LogP contribution in [0.25, 0.3) is 0 Å². The van der Waals surface area contributed by atoms with Crippen molar-refractivity contribution in [2.24, 2.45) is 5.92 Å². The Morgan fingerprint density at radius 2 is 2.25 bits per heavy atom. The summed E-state index contributed by atoms with van der Waals surface area (Å²) in [4.78, 5) is 14.3. The second-order valence-electron chi connectivity index (χ2n) is 5.71. The van der Waals surface area contributed by atoms with Gasteiger partial charge in [0.05, 0.1) is 11.4 Å². The summed E-state index contributed by atoms with van der Waals surface area (Å²) < 4.78 is 0. The van der Waals surface area contributed by atoms with Crippen molar-refractivity contribution in [2.75, 3.05) is 24.1 Å². The summed E-state index contributed by atoms with van der Waals surface area (Å²) in [6.45, 7) is 6.35. The van der Waals surface area contributed by atoms with Gasteiger partial charge in [-0.2, -0.15) is 0 Å². The number of hydrogen-bond acceptors (Lipinski definition) is 3. The van der Waals surface area contributed by atoms with E-state index in [9.17, 15) is 4.79 Å². The molecule has 1 amide bonds. The van der Waals surface area contributed by atoms with Crippen molar-refractivity contribution in [3.8, 4) is 0 Å². The number of nitrogens with two attached hydrogens (primary N) is 1. The van der Waals surface area contributed by atoms with Gasteiger partial charge < -0.3 is 11.1 Å². The minimum absolute atomic E-state index is 0.00854. The highest BCUT2D eigenvalue weighted by atomic mass is 35.5. The smallest absolute Gasteiger partial charge is 0.225 e. The molecule has 3 N–H and O–H groups in total. The number of likely N-dealkylation sites (tertiary alicyclic amines) is 1. The fourth-order valence-corrected chi connectivity index (χ4v) is 2.98. The molecule has 1 fully saturated rings. The lowest BCUT2D eigenvalue weighted by molar-refractivity contribution is -0.116. The number of carbonyl (C=O) groups is 1. The Labute approximate surface area is 125 Å². The van der Waals surface area contributed by atoms with E-state index in [-0.39, 0.29) is 5.91 Å². The molecule has 0 radical (unpaired) electrons. The number of nitrogens with one attached hydrogen (secondary N) is 1. The SMILES string of the molecule is CC1CC(C)N(CCC(=O)Nc2ccc(Cl)cc2N)C1. The number of nitrogens with zero attached hydrogens (tertiary/aromatic N) is 1. The number of hydrogen-bond donors (Lipinski definition) is 2. The fourth-order valence-electron chi connectivity index (χ4n) is 2.80. The number of benzene rings is 1. The zero-order valence-corrected chi connectivity index (χ0v) is 12.8. The van der Waals surface area contributed by atoms with E-state index >= 15 is 0 Å². The first-order chi connectivity index (χ1) is 9.45. The maximum Gasteiger partial charge on any atom is 0.225 e. The van der Waals surface area contributed by atoms with Crippen molar-refractivity contribution in [1.29, 1.82) is 0 Å². The first-order valence-electron chi connectivity index (χ1n) is 7.04. The van der Waals surface area contributed by atoms with Gasteiger partial charge in [0.2, 0.25) is 5.91 Å². The third-order valence-corrected chi connectivity index (χ3v) is 4.06. The van der Waals surface area contributed by atoms with Crippen LogP contribution in [0.2, 0.25) is 5.02 Å². The molecule has 2 atom stereocenters. The molecule has 0 aromatic heterocycles. The highest BCUT2D eigenvalue weighted by Gasteiger charge is 2.25. The molecule has 1 aliphatic heterocycles. The number of halogens is 1. The predicted octanol–water partition coefficient (Wildman–Crippen LogP) is 2.98. The number of carbonyl (C=O) groups excluding carboxylic acids is 1. The number of anilines is 2. The van der Waals surface area contributed by atoms with Gasteiger partial charge in [0.15, 0.2) is 0 Å². The van der Waals surface area contributed by atoms with Crippen molar-refractivity contribution >= 4 is 28.9 Å². The second kappa shape index (κ2) is 6.46. The standard InChI is InChI=1S/C15H22ClN3O/c1-10-7-11(2)19(9-10)6-5-15(20)18-14-4-3-12(16)8-13(14)17/h3-4,8,10-11H,5-7,9,17H2,1-2H3,(H,18,20). The van der Waals surface area contributed by atoms with Crippen molar-refractivity contribution in [3.63, 3.8) is 0 Å². The summed E-state index contributed by atoms with van der Waals surface area (Å²) in [7, 11) is 0. The van der Waals surface area contributed by atoms with E-state index in [1.807, 2.05) is 0 Å². The first-order valence-corrected chi connectivity index (χ1v) is 7.42. The van der Waals surface area contributed by atoms with Crippen LogP contribution >= 0.6 is 11.6 Å². The van der Waals surface area contributed by atoms with Crippen LogP contribution in [-0.2, 0) is 4.79 Å². The van der Waals surface area contributed by atoms with Crippen LogP contribution in [0.4, 0.5) is 11.4 Å². The number of amides is 1. The Balaban J connectivity index is 1.83. The van der Waals surface area contributed by atoms with Crippen LogP contribution in [0.5, 0.6) is 0 Å². The van der Waals surface area contributed by atoms with Gasteiger partial charge in [-0.25, -0.2) is 0 Å². The molecule has 1 aliphatic rings. The molecule has 1 aromatic rings. The predicted molar refractivity (Wildman–Crippen MR) is 83.9 cm³/mol. The Morgan fingerprint density at radius 3 is 2.85 bits per heavy atom. The summed E-state index contributed by atoms with van der Waals surface area (Å²) >= 11 is 5.83. The van der Waals surface area contributed by atoms with E-state index in [0.29, 0.717) is 28.9 Å². The summed E-state index contributed by atoms with van der Waals surface area (Å²) in [5.41, 5.74) is 6.94. The topological polar surface area (TPSA) is 58.4 Å². The van der Waals surface area contributed by atoms with E-state index in [0.717, 1.165) is 19.0 Å². The highest BCUT2D eigenvalue weighted by Crippen LogP contribution is 2.24. The van der Waals surface area contributed by atoms with E-state index < -0.39 is 0 Å². The Bertz CT molecular complexity index is 492. The monoisotopic (exact) mass is 295 g/mol. The maximum absolute atomic E-state index is 12.0. The van der Waals surface area contributed by atoms with Gasteiger partial charge >= 0.3 is 0 Å². The average Bonchev–Trinajstić information content (AvgIpc) is 2.69. The largest absolute Gasteiger partial charge is 0.397 e. The molecule has 0 spiro atoms. The lowest BCUT2D eigenvalue weighted by Crippen LogP contribution is -2.30. The zero-order chi connectivity index (χ0) is 14.7. The van der Waals surface area contributed by atoms with Crippen molar-refractivity contribution in [3.05, 3.63) is 23.2 Å². The fraction of sp³-hybridized carbons (Fsp3) is 0.533. The van der Waals surface area contributed by atoms with Crippen molar-refractivity contribution in [2.45, 2.75) is 32.7 Å². The van der Waals surface area contributed by atoms with E-state index in [2.05, 4.69) is 24.1 Å². The molecule has 1 saturated heterocycles. The number of nitrogen functional groups attached to an aromatic ring is 1. The van der Waals surface area contributed by atoms with Gasteiger partial charge in [0.1, 0.15) is 0 Å². The van der Waals surface area contributed by atoms with Gasteiger partial charge in [0, 0.05) is 30.6 Å². The third kappa shape index (κ3) is 3.87. The molecule has 1 heterocycles. The lowest BCUT2D eigenvalue weighted by Gasteiger charge is -2.20. The lowest BCUT2D eigenvalue weighted by atomic mass is 10.1. The van der Waals surface area contributed by atoms with Gasteiger partial charge in [0.25, 0.3) is 0 Å². The van der Waals surface area contributed by atoms with Gasteiger partial charge in [-0.15, -0.1) is 0 Å². The van der Waals surface area contributed by atoms with Gasteiger partial charge in [-0.3, -0.25) is 9.69 Å². The normalized spacial score (nSPS) is 22.9. The Kier molecular flexibility index (Phi) is 4.89. The van der Waals surface area contributed by atoms with E-state index in [1.165, 1.54) is 6.42 Å². The van der Waals surface area contributed by atoms with Crippen LogP contribution in [-0.4, -0.2) is 29.9 Å². The highest BCUT2D eigenvalue weighted by molar-refractivity contribution is 6.31. The molecule has 0 saturated carbocycles. The molecule has 110 valence electrons. The Hall–Kier alpha value is -1.26. The summed E-state index contributed by atoms with van der Waals surface area (Å²) in [6, 6.07) is 5.66. The summed E-state index contributed by atoms with van der Waals surface area (Å²) in [5.74, 6) is 0.714. The van der Waals surface area contributed by atoms with E-state index in [1.54, 1.807) is 18.2 Å². The van der Waals surface area contributed by atoms with Crippen LogP contribution in [0.3, 0.4) is 0 Å². The molecule has 5 heteroatoms. The molecule has 2 rings (SSSR count). The maximum atomic E-state index is 12.0. The van der Waals surface area contributed by atoms with E-state index in [4.69, 9.17) is 17.3 Å². The quantitative estimate of drug-likeness (QED) is 0.840. The molecule has 2 unspecified atom stereocenters. The minimum Gasteiger partial charge on any atom is -0.397 e. The first kappa shape index (κ1) is 15.1. The Morgan fingerprint density at radius 1 is 1.50 bits per heavy atom. The van der Waals surface area contributed by atoms with Crippen molar-refractivity contribution < 1.29 is 4.79 Å². The molecular formula is C15H22ClN3O. The molecule has 20 heavy (non-hydrogen) atoms. The third-order valence-electron chi connectivity index (χ3n) is 3.83. The zero-order valence-electron chi connectivity index (χ0n) is 12.0. The van der Waals surface area contributed by atoms with Crippen LogP contribution in [0.15, 0.2) is 18.2 Å². The van der Waals surface area contributed by atoms with Gasteiger partial charge in [-0.1, -0.05) is 18.5 Å². The van der Waals surface area contributed by atoms with Crippen LogP contribution in [0.1, 0.15) is 26.7 Å². The second-order valence-corrected chi connectivity index (χ2v) is 6.15. The van der Waals surface area contributed by atoms with Crippen LogP contribution < -0.4 is 11.1 Å². The molecular weight excluding hydrogens is 274 g/mol. The van der Waals surface area contributed by atoms with Gasteiger partial charge in [-0.05, 0) is 37.5 Å².